The van der Waals surface area contributed by atoms with Crippen LogP contribution in [-0.4, -0.2) is 9.78 Å². The van der Waals surface area contributed by atoms with Crippen molar-refractivity contribution in [2.75, 3.05) is 0 Å². The van der Waals surface area contributed by atoms with Crippen LogP contribution in [0.15, 0.2) is 0 Å². The topological polar surface area (TPSA) is 41.6 Å². The Hall–Kier alpha value is -1.51. The van der Waals surface area contributed by atoms with Crippen molar-refractivity contribution in [3.05, 3.63) is 17.0 Å². The van der Waals surface area contributed by atoms with Crippen LogP contribution >= 0.6 is 0 Å². The molecule has 0 bridgehead atoms. The molecule has 6 heteroatoms. The second kappa shape index (κ2) is 4.63. The molecule has 1 aliphatic rings. The van der Waals surface area contributed by atoms with E-state index in [0.717, 1.165) is 17.5 Å². The molecule has 1 atom stereocenters. The van der Waals surface area contributed by atoms with E-state index in [1.807, 2.05) is 6.07 Å². The van der Waals surface area contributed by atoms with Crippen molar-refractivity contribution in [2.45, 2.75) is 45.3 Å². The van der Waals surface area contributed by atoms with Gasteiger partial charge in [-0.1, -0.05) is 0 Å². The van der Waals surface area contributed by atoms with Gasteiger partial charge in [-0.3, -0.25) is 4.68 Å². The molecule has 1 aromatic heterocycles. The highest BCUT2D eigenvalue weighted by atomic mass is 19.4. The average molecular weight is 257 g/mol. The lowest BCUT2D eigenvalue weighted by Crippen LogP contribution is -2.19. The van der Waals surface area contributed by atoms with Gasteiger partial charge >= 0.3 is 6.18 Å². The molecular formula is C12H14F3N3. The molecule has 1 heterocycles. The van der Waals surface area contributed by atoms with Gasteiger partial charge in [-0.25, -0.2) is 0 Å². The summed E-state index contributed by atoms with van der Waals surface area (Å²) >= 11 is 0. The minimum Gasteiger partial charge on any atom is -0.259 e. The maximum atomic E-state index is 13.1. The number of nitriles is 1. The Morgan fingerprint density at radius 2 is 2.06 bits per heavy atom. The molecule has 3 nitrogen and oxygen atoms in total. The first-order valence-electron chi connectivity index (χ1n) is 5.99. The average Bonchev–Trinajstić information content (AvgIpc) is 2.65. The highest BCUT2D eigenvalue weighted by Gasteiger charge is 2.40. The molecule has 0 aliphatic heterocycles. The van der Waals surface area contributed by atoms with E-state index in [-0.39, 0.29) is 6.54 Å². The molecule has 0 amide bonds. The molecule has 18 heavy (non-hydrogen) atoms. The van der Waals surface area contributed by atoms with Crippen molar-refractivity contribution in [1.82, 2.24) is 9.78 Å². The molecule has 98 valence electrons. The smallest absolute Gasteiger partial charge is 0.259 e. The first kappa shape index (κ1) is 12.9. The van der Waals surface area contributed by atoms with Crippen molar-refractivity contribution < 1.29 is 13.2 Å². The number of hydrogen-bond acceptors (Lipinski definition) is 2. The number of aryl methyl sites for hydroxylation is 1. The normalized spacial score (nSPS) is 17.1. The van der Waals surface area contributed by atoms with Gasteiger partial charge in [0.2, 0.25) is 0 Å². The Kier molecular flexibility index (Phi) is 3.33. The van der Waals surface area contributed by atoms with Gasteiger partial charge in [-0.15, -0.1) is 0 Å². The van der Waals surface area contributed by atoms with Crippen LogP contribution in [0.5, 0.6) is 0 Å². The zero-order chi connectivity index (χ0) is 13.3. The number of nitrogens with zero attached hydrogens (tertiary/aromatic N) is 3. The van der Waals surface area contributed by atoms with Gasteiger partial charge in [-0.05, 0) is 32.6 Å². The minimum atomic E-state index is -4.40. The van der Waals surface area contributed by atoms with Crippen LogP contribution in [-0.2, 0) is 25.6 Å². The zero-order valence-electron chi connectivity index (χ0n) is 10.1. The van der Waals surface area contributed by atoms with E-state index in [2.05, 4.69) is 5.10 Å². The van der Waals surface area contributed by atoms with Crippen molar-refractivity contribution >= 4 is 0 Å². The third-order valence-electron chi connectivity index (χ3n) is 3.16. The molecule has 0 spiro atoms. The second-order valence-corrected chi connectivity index (χ2v) is 4.69. The van der Waals surface area contributed by atoms with Crippen molar-refractivity contribution in [3.63, 3.8) is 0 Å². The first-order chi connectivity index (χ1) is 8.43. The highest BCUT2D eigenvalue weighted by molar-refractivity contribution is 5.30. The fraction of sp³-hybridized carbons (Fsp3) is 0.667. The predicted molar refractivity (Wildman–Crippen MR) is 58.6 cm³/mol. The Morgan fingerprint density at radius 1 is 1.39 bits per heavy atom. The molecule has 0 saturated carbocycles. The van der Waals surface area contributed by atoms with Crippen LogP contribution < -0.4 is 0 Å². The highest BCUT2D eigenvalue weighted by Crippen LogP contribution is 2.36. The fourth-order valence-corrected chi connectivity index (χ4v) is 2.36. The van der Waals surface area contributed by atoms with Crippen LogP contribution in [0.2, 0.25) is 0 Å². The van der Waals surface area contributed by atoms with Gasteiger partial charge in [0.25, 0.3) is 0 Å². The van der Waals surface area contributed by atoms with Gasteiger partial charge in [0, 0.05) is 5.56 Å². The van der Waals surface area contributed by atoms with E-state index in [1.165, 1.54) is 0 Å². The Bertz CT molecular complexity index is 482. The summed E-state index contributed by atoms with van der Waals surface area (Å²) in [6.45, 7) is 1.60. The summed E-state index contributed by atoms with van der Waals surface area (Å²) in [6, 6.07) is 1.94. The first-order valence-corrected chi connectivity index (χ1v) is 5.99. The summed E-state index contributed by atoms with van der Waals surface area (Å²) in [6.07, 6.45) is -1.70. The molecule has 0 N–H and O–H groups in total. The standard InChI is InChI=1S/C12H14F3N3/c1-8(6-16)7-18-11(12(13,14)15)9-4-2-3-5-10(9)17-18/h8H,2-5,7H2,1H3. The molecular weight excluding hydrogens is 243 g/mol. The van der Waals surface area contributed by atoms with Crippen LogP contribution in [0.1, 0.15) is 36.7 Å². The monoisotopic (exact) mass is 257 g/mol. The number of rotatable bonds is 2. The zero-order valence-corrected chi connectivity index (χ0v) is 10.1. The number of halogens is 3. The molecule has 0 saturated heterocycles. The third kappa shape index (κ3) is 2.35. The predicted octanol–water partition coefficient (Wildman–Crippen LogP) is 2.94. The van der Waals surface area contributed by atoms with Gasteiger partial charge in [0.15, 0.2) is 0 Å². The molecule has 1 aromatic rings. The molecule has 0 fully saturated rings. The van der Waals surface area contributed by atoms with E-state index >= 15 is 0 Å². The second-order valence-electron chi connectivity index (χ2n) is 4.69. The molecule has 2 rings (SSSR count). The molecule has 0 radical (unpaired) electrons. The van der Waals surface area contributed by atoms with Gasteiger partial charge in [0.1, 0.15) is 5.69 Å². The van der Waals surface area contributed by atoms with E-state index in [1.54, 1.807) is 6.92 Å². The van der Waals surface area contributed by atoms with Crippen LogP contribution in [0.3, 0.4) is 0 Å². The van der Waals surface area contributed by atoms with Crippen molar-refractivity contribution in [3.8, 4) is 6.07 Å². The summed E-state index contributed by atoms with van der Waals surface area (Å²) in [5, 5.41) is 12.8. The SMILES string of the molecule is CC(C#N)Cn1nc2c(c1C(F)(F)F)CCCC2. The summed E-state index contributed by atoms with van der Waals surface area (Å²) in [4.78, 5) is 0. The van der Waals surface area contributed by atoms with Gasteiger partial charge in [-0.2, -0.15) is 23.5 Å². The minimum absolute atomic E-state index is 0.00164. The summed E-state index contributed by atoms with van der Waals surface area (Å²) in [5.41, 5.74) is 0.233. The number of alkyl halides is 3. The summed E-state index contributed by atoms with van der Waals surface area (Å²) in [5.74, 6) is -0.479. The fourth-order valence-electron chi connectivity index (χ4n) is 2.36. The van der Waals surface area contributed by atoms with E-state index in [4.69, 9.17) is 5.26 Å². The summed E-state index contributed by atoms with van der Waals surface area (Å²) in [7, 11) is 0. The largest absolute Gasteiger partial charge is 0.433 e. The Morgan fingerprint density at radius 3 is 2.67 bits per heavy atom. The number of hydrogen-bond donors (Lipinski definition) is 0. The van der Waals surface area contributed by atoms with Crippen LogP contribution in [0.25, 0.3) is 0 Å². The van der Waals surface area contributed by atoms with E-state index < -0.39 is 17.8 Å². The van der Waals surface area contributed by atoms with Gasteiger partial charge < -0.3 is 0 Å². The lowest BCUT2D eigenvalue weighted by atomic mass is 9.96. The lowest BCUT2D eigenvalue weighted by Gasteiger charge is -2.14. The maximum absolute atomic E-state index is 13.1. The number of fused-ring (bicyclic) bond motifs is 1. The maximum Gasteiger partial charge on any atom is 0.433 e. The lowest BCUT2D eigenvalue weighted by molar-refractivity contribution is -0.145. The molecule has 0 aromatic carbocycles. The summed E-state index contributed by atoms with van der Waals surface area (Å²) < 4.78 is 40.2. The van der Waals surface area contributed by atoms with E-state index in [0.29, 0.717) is 24.1 Å². The van der Waals surface area contributed by atoms with Crippen molar-refractivity contribution in [2.24, 2.45) is 5.92 Å². The van der Waals surface area contributed by atoms with E-state index in [9.17, 15) is 13.2 Å². The third-order valence-corrected chi connectivity index (χ3v) is 3.16. The quantitative estimate of drug-likeness (QED) is 0.817. The Labute approximate surface area is 103 Å². The van der Waals surface area contributed by atoms with Crippen LogP contribution in [0.4, 0.5) is 13.2 Å². The van der Waals surface area contributed by atoms with Crippen LogP contribution in [0, 0.1) is 17.2 Å². The molecule has 1 unspecified atom stereocenters. The molecule has 1 aliphatic carbocycles. The Balaban J connectivity index is 2.45. The van der Waals surface area contributed by atoms with Gasteiger partial charge in [0.05, 0.1) is 24.2 Å². The number of aromatic nitrogens is 2. The van der Waals surface area contributed by atoms with Crippen molar-refractivity contribution in [1.29, 1.82) is 5.26 Å².